The van der Waals surface area contributed by atoms with Crippen LogP contribution in [0, 0.1) is 0 Å². The molecule has 0 saturated carbocycles. The maximum atomic E-state index is 4.97. The van der Waals surface area contributed by atoms with Crippen molar-refractivity contribution in [2.45, 2.75) is 33.7 Å². The van der Waals surface area contributed by atoms with E-state index in [4.69, 9.17) is 22.6 Å². The lowest BCUT2D eigenvalue weighted by molar-refractivity contribution is 0.806. The summed E-state index contributed by atoms with van der Waals surface area (Å²) in [5.41, 5.74) is 4.57. The van der Waals surface area contributed by atoms with Crippen LogP contribution in [-0.4, -0.2) is 15.5 Å². The highest BCUT2D eigenvalue weighted by atomic mass is 32.2. The molecule has 166 valence electrons. The van der Waals surface area contributed by atoms with Gasteiger partial charge in [0.25, 0.3) is 0 Å². The molecule has 0 spiro atoms. The molecule has 33 heavy (non-hydrogen) atoms. The summed E-state index contributed by atoms with van der Waals surface area (Å²) in [6, 6.07) is 31.4. The Bertz CT molecular complexity index is 1190. The van der Waals surface area contributed by atoms with Crippen molar-refractivity contribution < 1.29 is 0 Å². The van der Waals surface area contributed by atoms with Crippen LogP contribution in [0.15, 0.2) is 101 Å². The fraction of sp³-hybridized carbons (Fsp3) is 0.154. The van der Waals surface area contributed by atoms with Crippen LogP contribution in [0.25, 0.3) is 0 Å². The van der Waals surface area contributed by atoms with Gasteiger partial charge in [-0.15, -0.1) is 12.6 Å². The third-order valence-corrected chi connectivity index (χ3v) is 7.67. The molecule has 0 amide bonds. The molecule has 0 aliphatic carbocycles. The Morgan fingerprint density at radius 3 is 1.88 bits per heavy atom. The van der Waals surface area contributed by atoms with Gasteiger partial charge < -0.3 is 10.2 Å². The first-order chi connectivity index (χ1) is 16.3. The minimum absolute atomic E-state index is 0.153. The molecule has 4 nitrogen and oxygen atoms in total. The highest BCUT2D eigenvalue weighted by molar-refractivity contribution is 7.99. The molecule has 5 rings (SSSR count). The molecule has 7 heteroatoms. The van der Waals surface area contributed by atoms with Crippen LogP contribution in [0.4, 0.5) is 11.5 Å². The predicted molar refractivity (Wildman–Crippen MR) is 143 cm³/mol. The Morgan fingerprint density at radius 2 is 1.27 bits per heavy atom. The van der Waals surface area contributed by atoms with Crippen molar-refractivity contribution >= 4 is 47.7 Å². The van der Waals surface area contributed by atoms with Crippen LogP contribution in [0.5, 0.6) is 0 Å². The van der Waals surface area contributed by atoms with Gasteiger partial charge >= 0.3 is 0 Å². The van der Waals surface area contributed by atoms with Gasteiger partial charge in [-0.05, 0) is 16.7 Å². The standard InChI is InChI=1S/C26H24N4S3/c31-26-27-22-23(30(26)16-19-10-4-1-5-11-19)28-25(33-18-21-14-8-3-9-15-21)29-24(22)32-17-20-12-6-2-7-13-20/h1-15,26-27,31H,16-18H2. The van der Waals surface area contributed by atoms with E-state index in [-0.39, 0.29) is 5.50 Å². The number of thiol groups is 1. The lowest BCUT2D eigenvalue weighted by Crippen LogP contribution is -2.30. The van der Waals surface area contributed by atoms with Crippen molar-refractivity contribution in [1.29, 1.82) is 0 Å². The average Bonchev–Trinajstić information content (AvgIpc) is 3.18. The van der Waals surface area contributed by atoms with Crippen molar-refractivity contribution in [3.63, 3.8) is 0 Å². The van der Waals surface area contributed by atoms with Gasteiger partial charge in [-0.3, -0.25) is 0 Å². The zero-order valence-electron chi connectivity index (χ0n) is 18.0. The summed E-state index contributed by atoms with van der Waals surface area (Å²) < 4.78 is 0. The van der Waals surface area contributed by atoms with Gasteiger partial charge in [-0.2, -0.15) is 0 Å². The average molecular weight is 489 g/mol. The summed E-state index contributed by atoms with van der Waals surface area (Å²) in [4.78, 5) is 12.1. The maximum absolute atomic E-state index is 4.97. The number of hydrogen-bond acceptors (Lipinski definition) is 7. The summed E-state index contributed by atoms with van der Waals surface area (Å²) in [6.07, 6.45) is 0. The largest absolute Gasteiger partial charge is 0.352 e. The third kappa shape index (κ3) is 5.49. The van der Waals surface area contributed by atoms with Gasteiger partial charge in [0.15, 0.2) is 11.0 Å². The second-order valence-electron chi connectivity index (χ2n) is 7.69. The molecule has 1 atom stereocenters. The number of aromatic nitrogens is 2. The van der Waals surface area contributed by atoms with Crippen LogP contribution in [0.3, 0.4) is 0 Å². The van der Waals surface area contributed by atoms with Crippen molar-refractivity contribution in [1.82, 2.24) is 9.97 Å². The topological polar surface area (TPSA) is 41.1 Å². The van der Waals surface area contributed by atoms with E-state index in [1.165, 1.54) is 16.7 Å². The monoisotopic (exact) mass is 488 g/mol. The number of rotatable bonds is 8. The number of fused-ring (bicyclic) bond motifs is 1. The molecule has 1 N–H and O–H groups in total. The highest BCUT2D eigenvalue weighted by Crippen LogP contribution is 2.43. The number of benzene rings is 3. The van der Waals surface area contributed by atoms with Crippen LogP contribution in [0.1, 0.15) is 16.7 Å². The molecular weight excluding hydrogens is 465 g/mol. The van der Waals surface area contributed by atoms with Gasteiger partial charge in [0.1, 0.15) is 16.2 Å². The van der Waals surface area contributed by atoms with Gasteiger partial charge in [0.05, 0.1) is 0 Å². The molecule has 0 radical (unpaired) electrons. The fourth-order valence-electron chi connectivity index (χ4n) is 3.63. The molecule has 3 aromatic carbocycles. The van der Waals surface area contributed by atoms with Gasteiger partial charge in [-0.1, -0.05) is 115 Å². The second kappa shape index (κ2) is 10.5. The van der Waals surface area contributed by atoms with E-state index in [1.807, 2.05) is 18.2 Å². The molecule has 4 aromatic rings. The van der Waals surface area contributed by atoms with E-state index in [2.05, 4.69) is 83.0 Å². The van der Waals surface area contributed by atoms with Crippen LogP contribution in [-0.2, 0) is 18.1 Å². The number of hydrogen-bond donors (Lipinski definition) is 2. The Kier molecular flexibility index (Phi) is 7.09. The quantitative estimate of drug-likeness (QED) is 0.124. The Labute approximate surface area is 208 Å². The molecular formula is C26H24N4S3. The third-order valence-electron chi connectivity index (χ3n) is 5.30. The molecule has 1 aliphatic heterocycles. The molecule has 1 aromatic heterocycles. The van der Waals surface area contributed by atoms with Crippen molar-refractivity contribution in [3.05, 3.63) is 108 Å². The number of nitrogens with zero attached hydrogens (tertiary/aromatic N) is 3. The first kappa shape index (κ1) is 22.2. The second-order valence-corrected chi connectivity index (χ2v) is 10.1. The Balaban J connectivity index is 1.44. The van der Waals surface area contributed by atoms with E-state index in [0.717, 1.165) is 39.7 Å². The van der Waals surface area contributed by atoms with Gasteiger partial charge in [0, 0.05) is 18.1 Å². The summed E-state index contributed by atoms with van der Waals surface area (Å²) in [5, 5.41) is 5.26. The molecule has 0 bridgehead atoms. The van der Waals surface area contributed by atoms with E-state index in [0.29, 0.717) is 0 Å². The summed E-state index contributed by atoms with van der Waals surface area (Å²) in [5.74, 6) is 2.60. The van der Waals surface area contributed by atoms with Gasteiger partial charge in [0.2, 0.25) is 0 Å². The summed E-state index contributed by atoms with van der Waals surface area (Å²) in [7, 11) is 0. The Morgan fingerprint density at radius 1 is 0.727 bits per heavy atom. The van der Waals surface area contributed by atoms with E-state index in [1.54, 1.807) is 23.5 Å². The molecule has 2 heterocycles. The SMILES string of the molecule is SC1Nc2c(SCc3ccccc3)nc(SCc3ccccc3)nc2N1Cc1ccccc1. The zero-order valence-corrected chi connectivity index (χ0v) is 20.5. The minimum atomic E-state index is -0.153. The lowest BCUT2D eigenvalue weighted by atomic mass is 10.2. The van der Waals surface area contributed by atoms with Crippen molar-refractivity contribution in [3.8, 4) is 0 Å². The van der Waals surface area contributed by atoms with E-state index >= 15 is 0 Å². The minimum Gasteiger partial charge on any atom is -0.352 e. The van der Waals surface area contributed by atoms with Crippen LogP contribution >= 0.6 is 36.2 Å². The maximum Gasteiger partial charge on any atom is 0.191 e. The van der Waals surface area contributed by atoms with Crippen LogP contribution < -0.4 is 10.2 Å². The first-order valence-corrected chi connectivity index (χ1v) is 13.3. The number of thioether (sulfide) groups is 2. The van der Waals surface area contributed by atoms with E-state index in [9.17, 15) is 0 Å². The highest BCUT2D eigenvalue weighted by Gasteiger charge is 2.31. The molecule has 0 saturated heterocycles. The van der Waals surface area contributed by atoms with E-state index < -0.39 is 0 Å². The zero-order chi connectivity index (χ0) is 22.5. The molecule has 0 fully saturated rings. The fourth-order valence-corrected chi connectivity index (χ4v) is 5.74. The number of nitrogens with one attached hydrogen (secondary N) is 1. The number of anilines is 2. The van der Waals surface area contributed by atoms with Crippen LogP contribution in [0.2, 0.25) is 0 Å². The summed E-state index contributed by atoms with van der Waals surface area (Å²) >= 11 is 8.23. The summed E-state index contributed by atoms with van der Waals surface area (Å²) in [6.45, 7) is 0.734. The van der Waals surface area contributed by atoms with Crippen molar-refractivity contribution in [2.75, 3.05) is 10.2 Å². The smallest absolute Gasteiger partial charge is 0.191 e. The molecule has 1 aliphatic rings. The van der Waals surface area contributed by atoms with Crippen molar-refractivity contribution in [2.24, 2.45) is 0 Å². The predicted octanol–water partition coefficient (Wildman–Crippen LogP) is 6.71. The van der Waals surface area contributed by atoms with Gasteiger partial charge in [-0.25, -0.2) is 9.97 Å². The Hall–Kier alpha value is -2.61. The first-order valence-electron chi connectivity index (χ1n) is 10.8. The molecule has 1 unspecified atom stereocenters. The lowest BCUT2D eigenvalue weighted by Gasteiger charge is -2.22. The normalized spacial score (nSPS) is 14.7.